The lowest BCUT2D eigenvalue weighted by atomic mass is 10.1. The zero-order valence-corrected chi connectivity index (χ0v) is 11.1. The van der Waals surface area contributed by atoms with Crippen molar-refractivity contribution in [3.63, 3.8) is 0 Å². The number of rotatable bonds is 9. The standard InChI is InChI=1S/C13H29NO/c1-5-7-10-14(11-8-6-2)12-9-13(3,4)15/h15H,5-12H2,1-4H3. The summed E-state index contributed by atoms with van der Waals surface area (Å²) in [6, 6.07) is 0. The van der Waals surface area contributed by atoms with Crippen molar-refractivity contribution in [2.45, 2.75) is 65.4 Å². The molecule has 0 saturated carbocycles. The molecule has 2 nitrogen and oxygen atoms in total. The average molecular weight is 215 g/mol. The molecule has 0 atom stereocenters. The first kappa shape index (κ1) is 14.9. The Morgan fingerprint density at radius 1 is 0.933 bits per heavy atom. The van der Waals surface area contributed by atoms with Crippen LogP contribution in [0, 0.1) is 0 Å². The van der Waals surface area contributed by atoms with Crippen LogP contribution in [0.25, 0.3) is 0 Å². The molecule has 0 aliphatic heterocycles. The van der Waals surface area contributed by atoms with E-state index in [0.29, 0.717) is 0 Å². The zero-order valence-electron chi connectivity index (χ0n) is 11.1. The van der Waals surface area contributed by atoms with Crippen molar-refractivity contribution in [1.29, 1.82) is 0 Å². The Labute approximate surface area is 95.7 Å². The lowest BCUT2D eigenvalue weighted by molar-refractivity contribution is 0.0572. The molecule has 0 radical (unpaired) electrons. The van der Waals surface area contributed by atoms with Gasteiger partial charge in [0.2, 0.25) is 0 Å². The summed E-state index contributed by atoms with van der Waals surface area (Å²) in [4.78, 5) is 2.49. The molecule has 1 N–H and O–H groups in total. The van der Waals surface area contributed by atoms with E-state index in [1.807, 2.05) is 13.8 Å². The highest BCUT2D eigenvalue weighted by Crippen LogP contribution is 2.09. The molecule has 0 heterocycles. The van der Waals surface area contributed by atoms with Crippen molar-refractivity contribution in [3.05, 3.63) is 0 Å². The van der Waals surface area contributed by atoms with Crippen LogP contribution in [0.5, 0.6) is 0 Å². The molecule has 0 amide bonds. The van der Waals surface area contributed by atoms with E-state index < -0.39 is 5.60 Å². The van der Waals surface area contributed by atoms with Crippen LogP contribution in [0.2, 0.25) is 0 Å². The Morgan fingerprint density at radius 3 is 1.73 bits per heavy atom. The minimum absolute atomic E-state index is 0.517. The second-order valence-corrected chi connectivity index (χ2v) is 5.11. The summed E-state index contributed by atoms with van der Waals surface area (Å²) < 4.78 is 0. The van der Waals surface area contributed by atoms with Gasteiger partial charge in [0, 0.05) is 6.54 Å². The first-order valence-electron chi connectivity index (χ1n) is 6.44. The molecule has 0 unspecified atom stereocenters. The van der Waals surface area contributed by atoms with Crippen LogP contribution in [0.3, 0.4) is 0 Å². The van der Waals surface area contributed by atoms with Gasteiger partial charge in [-0.3, -0.25) is 0 Å². The second-order valence-electron chi connectivity index (χ2n) is 5.11. The van der Waals surface area contributed by atoms with Crippen molar-refractivity contribution in [3.8, 4) is 0 Å². The largest absolute Gasteiger partial charge is 0.390 e. The van der Waals surface area contributed by atoms with Crippen molar-refractivity contribution in [1.82, 2.24) is 4.90 Å². The molecule has 0 aromatic rings. The number of aliphatic hydroxyl groups is 1. The molecule has 0 saturated heterocycles. The fourth-order valence-electron chi connectivity index (χ4n) is 1.53. The van der Waals surface area contributed by atoms with Crippen LogP contribution in [0.1, 0.15) is 59.8 Å². The molecule has 0 fully saturated rings. The van der Waals surface area contributed by atoms with Gasteiger partial charge in [-0.05, 0) is 46.2 Å². The van der Waals surface area contributed by atoms with Crippen LogP contribution in [0.15, 0.2) is 0 Å². The summed E-state index contributed by atoms with van der Waals surface area (Å²) >= 11 is 0. The maximum atomic E-state index is 9.69. The van der Waals surface area contributed by atoms with Gasteiger partial charge in [-0.15, -0.1) is 0 Å². The molecule has 0 aromatic carbocycles. The van der Waals surface area contributed by atoms with Gasteiger partial charge in [0.05, 0.1) is 5.60 Å². The molecule has 0 aliphatic rings. The van der Waals surface area contributed by atoms with E-state index in [1.54, 1.807) is 0 Å². The maximum absolute atomic E-state index is 9.69. The predicted octanol–water partition coefficient (Wildman–Crippen LogP) is 3.05. The third-order valence-electron chi connectivity index (χ3n) is 2.70. The van der Waals surface area contributed by atoms with E-state index in [9.17, 15) is 5.11 Å². The molecule has 0 bridgehead atoms. The van der Waals surface area contributed by atoms with Gasteiger partial charge in [0.25, 0.3) is 0 Å². The summed E-state index contributed by atoms with van der Waals surface area (Å²) in [5, 5.41) is 9.69. The first-order chi connectivity index (χ1) is 6.99. The summed E-state index contributed by atoms with van der Waals surface area (Å²) in [6.07, 6.45) is 5.93. The molecule has 2 heteroatoms. The third kappa shape index (κ3) is 10.2. The monoisotopic (exact) mass is 215 g/mol. The van der Waals surface area contributed by atoms with Crippen LogP contribution in [-0.2, 0) is 0 Å². The second kappa shape index (κ2) is 8.12. The van der Waals surface area contributed by atoms with E-state index >= 15 is 0 Å². The van der Waals surface area contributed by atoms with Crippen molar-refractivity contribution >= 4 is 0 Å². The van der Waals surface area contributed by atoms with Gasteiger partial charge in [0.15, 0.2) is 0 Å². The van der Waals surface area contributed by atoms with Crippen LogP contribution >= 0.6 is 0 Å². The lowest BCUT2D eigenvalue weighted by Crippen LogP contribution is -2.32. The quantitative estimate of drug-likeness (QED) is 0.639. The average Bonchev–Trinajstić information content (AvgIpc) is 2.15. The van der Waals surface area contributed by atoms with Crippen molar-refractivity contribution < 1.29 is 5.11 Å². The number of nitrogens with zero attached hydrogens (tertiary/aromatic N) is 1. The molecular formula is C13H29NO. The Kier molecular flexibility index (Phi) is 8.07. The smallest absolute Gasteiger partial charge is 0.0603 e. The highest BCUT2D eigenvalue weighted by molar-refractivity contribution is 4.68. The Hall–Kier alpha value is -0.0800. The number of hydrogen-bond acceptors (Lipinski definition) is 2. The van der Waals surface area contributed by atoms with E-state index in [1.165, 1.54) is 38.8 Å². The maximum Gasteiger partial charge on any atom is 0.0603 e. The molecule has 0 aromatic heterocycles. The molecule has 0 rings (SSSR count). The highest BCUT2D eigenvalue weighted by Gasteiger charge is 2.14. The molecular weight excluding hydrogens is 186 g/mol. The minimum atomic E-state index is -0.517. The normalized spacial score (nSPS) is 12.4. The molecule has 92 valence electrons. The van der Waals surface area contributed by atoms with Gasteiger partial charge in [-0.1, -0.05) is 26.7 Å². The molecule has 15 heavy (non-hydrogen) atoms. The molecule has 0 aliphatic carbocycles. The Bertz CT molecular complexity index is 132. The van der Waals surface area contributed by atoms with Gasteiger partial charge in [-0.2, -0.15) is 0 Å². The van der Waals surface area contributed by atoms with Crippen molar-refractivity contribution in [2.24, 2.45) is 0 Å². The summed E-state index contributed by atoms with van der Waals surface area (Å²) in [7, 11) is 0. The summed E-state index contributed by atoms with van der Waals surface area (Å²) in [5.41, 5.74) is -0.517. The van der Waals surface area contributed by atoms with Gasteiger partial charge in [-0.25, -0.2) is 0 Å². The van der Waals surface area contributed by atoms with Crippen LogP contribution < -0.4 is 0 Å². The van der Waals surface area contributed by atoms with E-state index in [4.69, 9.17) is 0 Å². The Balaban J connectivity index is 3.78. The molecule has 0 spiro atoms. The fourth-order valence-corrected chi connectivity index (χ4v) is 1.53. The van der Waals surface area contributed by atoms with E-state index in [0.717, 1.165) is 13.0 Å². The zero-order chi connectivity index (χ0) is 11.7. The van der Waals surface area contributed by atoms with Gasteiger partial charge < -0.3 is 10.0 Å². The van der Waals surface area contributed by atoms with Gasteiger partial charge >= 0.3 is 0 Å². The minimum Gasteiger partial charge on any atom is -0.390 e. The topological polar surface area (TPSA) is 23.5 Å². The first-order valence-corrected chi connectivity index (χ1v) is 6.44. The van der Waals surface area contributed by atoms with Crippen LogP contribution in [-0.4, -0.2) is 35.2 Å². The lowest BCUT2D eigenvalue weighted by Gasteiger charge is -2.26. The van der Waals surface area contributed by atoms with E-state index in [2.05, 4.69) is 18.7 Å². The Morgan fingerprint density at radius 2 is 1.40 bits per heavy atom. The van der Waals surface area contributed by atoms with Gasteiger partial charge in [0.1, 0.15) is 0 Å². The number of unbranched alkanes of at least 4 members (excludes halogenated alkanes) is 2. The number of hydrogen-bond donors (Lipinski definition) is 1. The predicted molar refractivity (Wildman–Crippen MR) is 67.2 cm³/mol. The highest BCUT2D eigenvalue weighted by atomic mass is 16.3. The third-order valence-corrected chi connectivity index (χ3v) is 2.70. The van der Waals surface area contributed by atoms with Crippen molar-refractivity contribution in [2.75, 3.05) is 19.6 Å². The SMILES string of the molecule is CCCCN(CCCC)CCC(C)(C)O. The summed E-state index contributed by atoms with van der Waals surface area (Å²) in [5.74, 6) is 0. The fraction of sp³-hybridized carbons (Fsp3) is 1.00. The van der Waals surface area contributed by atoms with E-state index in [-0.39, 0.29) is 0 Å². The summed E-state index contributed by atoms with van der Waals surface area (Å²) in [6.45, 7) is 11.7. The van der Waals surface area contributed by atoms with Crippen LogP contribution in [0.4, 0.5) is 0 Å².